The smallest absolute Gasteiger partial charge is 0.251 e. The number of likely N-dealkylation sites (tertiary alicyclic amines) is 1. The number of piperidine rings is 1. The molecule has 1 amide bonds. The lowest BCUT2D eigenvalue weighted by molar-refractivity contribution is -0.174. The number of nitrogens with zero attached hydrogens (tertiary/aromatic N) is 3. The van der Waals surface area contributed by atoms with Crippen molar-refractivity contribution < 1.29 is 18.7 Å². The number of ether oxygens (including phenoxy) is 2. The van der Waals surface area contributed by atoms with Gasteiger partial charge in [0.25, 0.3) is 5.91 Å². The van der Waals surface area contributed by atoms with Gasteiger partial charge in [-0.15, -0.1) is 0 Å². The summed E-state index contributed by atoms with van der Waals surface area (Å²) in [5.41, 5.74) is 1.62. The second-order valence-corrected chi connectivity index (χ2v) is 8.48. The Kier molecular flexibility index (Phi) is 5.71. The highest BCUT2D eigenvalue weighted by molar-refractivity contribution is 5.81. The summed E-state index contributed by atoms with van der Waals surface area (Å²) in [6.07, 6.45) is 8.27. The van der Waals surface area contributed by atoms with Gasteiger partial charge < -0.3 is 23.8 Å². The number of furan rings is 1. The van der Waals surface area contributed by atoms with Gasteiger partial charge in [0.15, 0.2) is 6.10 Å². The Morgan fingerprint density at radius 3 is 2.94 bits per heavy atom. The third-order valence-electron chi connectivity index (χ3n) is 6.40. The van der Waals surface area contributed by atoms with E-state index in [0.717, 1.165) is 49.6 Å². The van der Waals surface area contributed by atoms with Crippen molar-refractivity contribution in [1.29, 1.82) is 0 Å². The summed E-state index contributed by atoms with van der Waals surface area (Å²) in [6.45, 7) is 3.50. The van der Waals surface area contributed by atoms with Crippen molar-refractivity contribution in [1.82, 2.24) is 19.8 Å². The van der Waals surface area contributed by atoms with Crippen LogP contribution in [-0.2, 0) is 34.8 Å². The topological polar surface area (TPSA) is 81.8 Å². The summed E-state index contributed by atoms with van der Waals surface area (Å²) in [7, 11) is 1.64. The van der Waals surface area contributed by atoms with Crippen LogP contribution in [0.3, 0.4) is 0 Å². The predicted octanol–water partition coefficient (Wildman–Crippen LogP) is 2.69. The van der Waals surface area contributed by atoms with Crippen molar-refractivity contribution in [2.75, 3.05) is 20.2 Å². The van der Waals surface area contributed by atoms with Crippen LogP contribution in [-0.4, -0.2) is 46.7 Å². The van der Waals surface area contributed by atoms with Crippen LogP contribution in [0, 0.1) is 0 Å². The second kappa shape index (κ2) is 8.80. The van der Waals surface area contributed by atoms with E-state index >= 15 is 0 Å². The molecule has 1 atom stereocenters. The van der Waals surface area contributed by atoms with Crippen LogP contribution in [0.4, 0.5) is 0 Å². The average Bonchev–Trinajstić information content (AvgIpc) is 3.52. The maximum atomic E-state index is 13.0. The maximum Gasteiger partial charge on any atom is 0.251 e. The molecule has 0 aliphatic carbocycles. The molecule has 1 fully saturated rings. The molecule has 5 rings (SSSR count). The fraction of sp³-hybridized carbons (Fsp3) is 0.417. The minimum absolute atomic E-state index is 0.104. The second-order valence-electron chi connectivity index (χ2n) is 8.48. The molecule has 1 N–H and O–H groups in total. The zero-order valence-electron chi connectivity index (χ0n) is 18.2. The molecule has 2 aliphatic rings. The quantitative estimate of drug-likeness (QED) is 0.640. The van der Waals surface area contributed by atoms with Gasteiger partial charge in [-0.3, -0.25) is 9.69 Å². The van der Waals surface area contributed by atoms with Gasteiger partial charge in [-0.2, -0.15) is 0 Å². The summed E-state index contributed by atoms with van der Waals surface area (Å²) >= 11 is 0. The van der Waals surface area contributed by atoms with E-state index in [-0.39, 0.29) is 5.91 Å². The van der Waals surface area contributed by atoms with Gasteiger partial charge in [-0.25, -0.2) is 4.98 Å². The zero-order valence-corrected chi connectivity index (χ0v) is 18.2. The summed E-state index contributed by atoms with van der Waals surface area (Å²) in [5, 5.41) is 3.03. The lowest BCUT2D eigenvalue weighted by Gasteiger charge is -2.45. The van der Waals surface area contributed by atoms with Gasteiger partial charge in [-0.1, -0.05) is 12.1 Å². The fourth-order valence-corrected chi connectivity index (χ4v) is 4.67. The number of carbonyl (C=O) groups excluding carboxylic acids is 1. The van der Waals surface area contributed by atoms with Crippen molar-refractivity contribution >= 4 is 5.91 Å². The molecule has 1 spiro atoms. The molecule has 32 heavy (non-hydrogen) atoms. The Bertz CT molecular complexity index is 1050. The summed E-state index contributed by atoms with van der Waals surface area (Å²) in [5.74, 6) is 1.60. The number of fused-ring (bicyclic) bond motifs is 2. The molecule has 2 aliphatic heterocycles. The number of carbonyl (C=O) groups is 1. The van der Waals surface area contributed by atoms with Crippen LogP contribution in [0.1, 0.15) is 29.8 Å². The highest BCUT2D eigenvalue weighted by Gasteiger charge is 2.47. The monoisotopic (exact) mass is 436 g/mol. The molecule has 1 aromatic carbocycles. The van der Waals surface area contributed by atoms with Gasteiger partial charge in [0, 0.05) is 44.1 Å². The highest BCUT2D eigenvalue weighted by Crippen LogP contribution is 2.40. The molecule has 168 valence electrons. The molecule has 3 aromatic rings. The number of aromatic nitrogens is 2. The number of hydrogen-bond donors (Lipinski definition) is 1. The van der Waals surface area contributed by atoms with Crippen LogP contribution in [0.5, 0.6) is 5.75 Å². The average molecular weight is 437 g/mol. The SMILES string of the molecule is COc1cccc(CNC(=O)[C@@H]2Cn3ccnc3C3(CCN(Cc4ccoc4)CC3)O2)c1. The summed E-state index contributed by atoms with van der Waals surface area (Å²) in [4.78, 5) is 20.0. The molecular weight excluding hydrogens is 408 g/mol. The van der Waals surface area contributed by atoms with Crippen molar-refractivity contribution in [2.24, 2.45) is 0 Å². The Hall–Kier alpha value is -3.10. The third-order valence-corrected chi connectivity index (χ3v) is 6.40. The minimum Gasteiger partial charge on any atom is -0.497 e. The lowest BCUT2D eigenvalue weighted by atomic mass is 9.88. The van der Waals surface area contributed by atoms with E-state index in [1.54, 1.807) is 25.8 Å². The van der Waals surface area contributed by atoms with Crippen LogP contribution < -0.4 is 10.1 Å². The van der Waals surface area contributed by atoms with E-state index in [4.69, 9.17) is 13.9 Å². The first-order chi connectivity index (χ1) is 15.6. The van der Waals surface area contributed by atoms with E-state index in [2.05, 4.69) is 19.8 Å². The van der Waals surface area contributed by atoms with E-state index in [1.165, 1.54) is 5.56 Å². The maximum absolute atomic E-state index is 13.0. The van der Waals surface area contributed by atoms with Crippen molar-refractivity contribution in [3.8, 4) is 5.75 Å². The van der Waals surface area contributed by atoms with Crippen molar-refractivity contribution in [3.63, 3.8) is 0 Å². The van der Waals surface area contributed by atoms with Crippen molar-refractivity contribution in [2.45, 2.75) is 44.2 Å². The Morgan fingerprint density at radius 1 is 1.28 bits per heavy atom. The standard InChI is InChI=1S/C24H28N4O4/c1-30-20-4-2-3-18(13-20)14-26-22(29)21-16-28-11-8-25-23(28)24(32-21)6-9-27(10-7-24)15-19-5-12-31-17-19/h2-5,8,11-13,17,21H,6-7,9-10,14-16H2,1H3,(H,26,29)/t21-/m0/s1. The van der Waals surface area contributed by atoms with E-state index < -0.39 is 11.7 Å². The molecule has 0 unspecified atom stereocenters. The van der Waals surface area contributed by atoms with Crippen LogP contribution in [0.2, 0.25) is 0 Å². The molecule has 0 saturated carbocycles. The molecular formula is C24H28N4O4. The third kappa shape index (κ3) is 4.16. The van der Waals surface area contributed by atoms with E-state index in [1.807, 2.05) is 36.5 Å². The Morgan fingerprint density at radius 2 is 2.16 bits per heavy atom. The minimum atomic E-state index is -0.553. The summed E-state index contributed by atoms with van der Waals surface area (Å²) in [6, 6.07) is 9.69. The molecule has 8 heteroatoms. The van der Waals surface area contributed by atoms with Gasteiger partial charge in [-0.05, 0) is 36.6 Å². The molecule has 0 radical (unpaired) electrons. The number of benzene rings is 1. The largest absolute Gasteiger partial charge is 0.497 e. The first kappa shape index (κ1) is 20.8. The van der Waals surface area contributed by atoms with Crippen LogP contribution in [0.25, 0.3) is 0 Å². The first-order valence-corrected chi connectivity index (χ1v) is 11.0. The first-order valence-electron chi connectivity index (χ1n) is 11.0. The van der Waals surface area contributed by atoms with Gasteiger partial charge >= 0.3 is 0 Å². The van der Waals surface area contributed by atoms with E-state index in [0.29, 0.717) is 13.1 Å². The van der Waals surface area contributed by atoms with Gasteiger partial charge in [0.05, 0.1) is 26.2 Å². The van der Waals surface area contributed by atoms with Crippen LogP contribution >= 0.6 is 0 Å². The highest BCUT2D eigenvalue weighted by atomic mass is 16.5. The number of nitrogens with one attached hydrogen (secondary N) is 1. The Balaban J connectivity index is 1.25. The molecule has 0 bridgehead atoms. The zero-order chi connectivity index (χ0) is 22.0. The fourth-order valence-electron chi connectivity index (χ4n) is 4.67. The normalized spacial score (nSPS) is 20.1. The van der Waals surface area contributed by atoms with Crippen molar-refractivity contribution in [3.05, 3.63) is 72.2 Å². The number of amides is 1. The number of methoxy groups -OCH3 is 1. The number of rotatable bonds is 6. The lowest BCUT2D eigenvalue weighted by Crippen LogP contribution is -2.53. The molecule has 8 nitrogen and oxygen atoms in total. The van der Waals surface area contributed by atoms with E-state index in [9.17, 15) is 4.79 Å². The molecule has 4 heterocycles. The predicted molar refractivity (Wildman–Crippen MR) is 117 cm³/mol. The Labute approximate surface area is 187 Å². The van der Waals surface area contributed by atoms with Gasteiger partial charge in [0.2, 0.25) is 0 Å². The molecule has 2 aromatic heterocycles. The number of hydrogen-bond acceptors (Lipinski definition) is 6. The summed E-state index contributed by atoms with van der Waals surface area (Å²) < 4.78 is 19.0. The number of imidazole rings is 1. The van der Waals surface area contributed by atoms with Crippen LogP contribution in [0.15, 0.2) is 59.7 Å². The van der Waals surface area contributed by atoms with Gasteiger partial charge in [0.1, 0.15) is 17.2 Å². The molecule has 1 saturated heterocycles.